The van der Waals surface area contributed by atoms with E-state index in [2.05, 4.69) is 17.2 Å². The maximum absolute atomic E-state index is 12.1. The molecule has 1 amide bonds. The van der Waals surface area contributed by atoms with Gasteiger partial charge in [-0.25, -0.2) is 9.78 Å². The van der Waals surface area contributed by atoms with E-state index in [4.69, 9.17) is 4.74 Å². The van der Waals surface area contributed by atoms with Crippen LogP contribution in [0, 0.1) is 5.92 Å². The Hall–Kier alpha value is -1.86. The Labute approximate surface area is 167 Å². The standard InChI is InChI=1S/C20H24N2O3S2/c1-14-4-2-3-5-18(14)22-19(23)10-25-20(24)15-6-8-17(9-7-15)27-12-16-11-26-13-21-16/h6-9,11,13-14,18H,2-5,10,12H2,1H3,(H,22,23). The molecule has 27 heavy (non-hydrogen) atoms. The first kappa shape index (κ1) is 19.9. The molecule has 7 heteroatoms. The van der Waals surface area contributed by atoms with E-state index >= 15 is 0 Å². The van der Waals surface area contributed by atoms with Crippen LogP contribution in [0.1, 0.15) is 48.7 Å². The summed E-state index contributed by atoms with van der Waals surface area (Å²) >= 11 is 3.25. The van der Waals surface area contributed by atoms with Crippen LogP contribution in [0.2, 0.25) is 0 Å². The largest absolute Gasteiger partial charge is 0.452 e. The lowest BCUT2D eigenvalue weighted by molar-refractivity contribution is -0.125. The van der Waals surface area contributed by atoms with Gasteiger partial charge in [0.25, 0.3) is 5.91 Å². The van der Waals surface area contributed by atoms with Gasteiger partial charge < -0.3 is 10.1 Å². The predicted molar refractivity (Wildman–Crippen MR) is 108 cm³/mol. The molecule has 3 rings (SSSR count). The second kappa shape index (κ2) is 9.90. The third-order valence-electron chi connectivity index (χ3n) is 4.75. The van der Waals surface area contributed by atoms with Gasteiger partial charge in [-0.3, -0.25) is 4.79 Å². The minimum absolute atomic E-state index is 0.193. The van der Waals surface area contributed by atoms with Crippen LogP contribution >= 0.6 is 23.1 Å². The van der Waals surface area contributed by atoms with Gasteiger partial charge in [0.15, 0.2) is 6.61 Å². The molecule has 1 N–H and O–H groups in total. The van der Waals surface area contributed by atoms with Gasteiger partial charge in [-0.2, -0.15) is 0 Å². The highest BCUT2D eigenvalue weighted by Crippen LogP contribution is 2.24. The smallest absolute Gasteiger partial charge is 0.338 e. The molecule has 1 heterocycles. The maximum atomic E-state index is 12.1. The third kappa shape index (κ3) is 6.07. The molecule has 0 bridgehead atoms. The van der Waals surface area contributed by atoms with Gasteiger partial charge in [0, 0.05) is 22.1 Å². The van der Waals surface area contributed by atoms with Crippen molar-refractivity contribution in [1.29, 1.82) is 0 Å². The van der Waals surface area contributed by atoms with Crippen LogP contribution in [0.5, 0.6) is 0 Å². The maximum Gasteiger partial charge on any atom is 0.338 e. The molecule has 1 saturated carbocycles. The normalized spacial score (nSPS) is 19.4. The average molecular weight is 405 g/mol. The van der Waals surface area contributed by atoms with E-state index in [0.717, 1.165) is 35.6 Å². The number of carbonyl (C=O) groups is 2. The summed E-state index contributed by atoms with van der Waals surface area (Å²) < 4.78 is 5.16. The quantitative estimate of drug-likeness (QED) is 0.551. The molecular weight excluding hydrogens is 380 g/mol. The molecule has 0 spiro atoms. The summed E-state index contributed by atoms with van der Waals surface area (Å²) in [5.74, 6) is 0.579. The topological polar surface area (TPSA) is 68.3 Å². The molecule has 144 valence electrons. The summed E-state index contributed by atoms with van der Waals surface area (Å²) in [6.07, 6.45) is 4.50. The lowest BCUT2D eigenvalue weighted by atomic mass is 9.86. The van der Waals surface area contributed by atoms with Crippen LogP contribution < -0.4 is 5.32 Å². The van der Waals surface area contributed by atoms with Gasteiger partial charge in [-0.05, 0) is 43.0 Å². The molecule has 0 aliphatic heterocycles. The van der Waals surface area contributed by atoms with Crippen molar-refractivity contribution in [3.05, 3.63) is 46.4 Å². The lowest BCUT2D eigenvalue weighted by Gasteiger charge is -2.29. The van der Waals surface area contributed by atoms with Crippen LogP contribution in [-0.2, 0) is 15.3 Å². The Morgan fingerprint density at radius 1 is 1.26 bits per heavy atom. The predicted octanol–water partition coefficient (Wildman–Crippen LogP) is 4.29. The molecule has 1 aromatic heterocycles. The number of esters is 1. The van der Waals surface area contributed by atoms with Crippen molar-refractivity contribution in [2.75, 3.05) is 6.61 Å². The van der Waals surface area contributed by atoms with Crippen molar-refractivity contribution in [3.63, 3.8) is 0 Å². The molecule has 5 nitrogen and oxygen atoms in total. The monoisotopic (exact) mass is 404 g/mol. The number of hydrogen-bond acceptors (Lipinski definition) is 6. The number of nitrogens with zero attached hydrogens (tertiary/aromatic N) is 1. The molecule has 1 aliphatic carbocycles. The SMILES string of the molecule is CC1CCCCC1NC(=O)COC(=O)c1ccc(SCc2cscn2)cc1. The van der Waals surface area contributed by atoms with Gasteiger partial charge in [0.05, 0.1) is 16.8 Å². The number of rotatable bonds is 7. The van der Waals surface area contributed by atoms with Gasteiger partial charge in [0.2, 0.25) is 0 Å². The summed E-state index contributed by atoms with van der Waals surface area (Å²) in [5.41, 5.74) is 3.32. The Morgan fingerprint density at radius 3 is 2.74 bits per heavy atom. The summed E-state index contributed by atoms with van der Waals surface area (Å²) in [6.45, 7) is 1.92. The van der Waals surface area contributed by atoms with Crippen LogP contribution in [0.15, 0.2) is 40.1 Å². The minimum atomic E-state index is -0.474. The fraction of sp³-hybridized carbons (Fsp3) is 0.450. The number of nitrogens with one attached hydrogen (secondary N) is 1. The number of ether oxygens (including phenoxy) is 1. The van der Waals surface area contributed by atoms with Crippen LogP contribution in [0.25, 0.3) is 0 Å². The molecule has 1 aromatic carbocycles. The van der Waals surface area contributed by atoms with Gasteiger partial charge in [0.1, 0.15) is 0 Å². The van der Waals surface area contributed by atoms with Crippen molar-refractivity contribution < 1.29 is 14.3 Å². The number of thioether (sulfide) groups is 1. The van der Waals surface area contributed by atoms with Crippen molar-refractivity contribution in [2.24, 2.45) is 5.92 Å². The fourth-order valence-corrected chi connectivity index (χ4v) is 4.61. The van der Waals surface area contributed by atoms with Crippen molar-refractivity contribution >= 4 is 35.0 Å². The Bertz CT molecular complexity index is 747. The summed E-state index contributed by atoms with van der Waals surface area (Å²) in [4.78, 5) is 29.5. The highest BCUT2D eigenvalue weighted by molar-refractivity contribution is 7.98. The molecule has 0 radical (unpaired) electrons. The first-order valence-electron chi connectivity index (χ1n) is 9.18. The molecule has 1 fully saturated rings. The highest BCUT2D eigenvalue weighted by atomic mass is 32.2. The molecule has 1 aliphatic rings. The van der Waals surface area contributed by atoms with Gasteiger partial charge in [-0.15, -0.1) is 23.1 Å². The highest BCUT2D eigenvalue weighted by Gasteiger charge is 2.23. The number of aromatic nitrogens is 1. The summed E-state index contributed by atoms with van der Waals surface area (Å²) in [6, 6.07) is 7.42. The van der Waals surface area contributed by atoms with Gasteiger partial charge in [-0.1, -0.05) is 19.8 Å². The van der Waals surface area contributed by atoms with Gasteiger partial charge >= 0.3 is 5.97 Å². The average Bonchev–Trinajstić information content (AvgIpc) is 3.20. The number of amides is 1. The minimum Gasteiger partial charge on any atom is -0.452 e. The first-order valence-corrected chi connectivity index (χ1v) is 11.1. The number of thiazole rings is 1. The number of carbonyl (C=O) groups excluding carboxylic acids is 2. The summed E-state index contributed by atoms with van der Waals surface area (Å²) in [7, 11) is 0. The van der Waals surface area contributed by atoms with E-state index in [0.29, 0.717) is 11.5 Å². The molecule has 2 unspecified atom stereocenters. The zero-order chi connectivity index (χ0) is 19.1. The Kier molecular flexibility index (Phi) is 7.29. The van der Waals surface area contributed by atoms with E-state index < -0.39 is 5.97 Å². The zero-order valence-electron chi connectivity index (χ0n) is 15.3. The van der Waals surface area contributed by atoms with Crippen LogP contribution in [0.4, 0.5) is 0 Å². The second-order valence-electron chi connectivity index (χ2n) is 6.80. The van der Waals surface area contributed by atoms with Crippen LogP contribution in [-0.4, -0.2) is 29.5 Å². The zero-order valence-corrected chi connectivity index (χ0v) is 17.0. The molecule has 2 aromatic rings. The third-order valence-corrected chi connectivity index (χ3v) is 6.43. The second-order valence-corrected chi connectivity index (χ2v) is 8.57. The number of hydrogen-bond donors (Lipinski definition) is 1. The Morgan fingerprint density at radius 2 is 2.04 bits per heavy atom. The molecule has 2 atom stereocenters. The lowest BCUT2D eigenvalue weighted by Crippen LogP contribution is -2.42. The van der Waals surface area contributed by atoms with E-state index in [1.165, 1.54) is 6.42 Å². The van der Waals surface area contributed by atoms with Crippen molar-refractivity contribution in [1.82, 2.24) is 10.3 Å². The molecular formula is C20H24N2O3S2. The fourth-order valence-electron chi connectivity index (χ4n) is 3.15. The van der Waals surface area contributed by atoms with Crippen LogP contribution in [0.3, 0.4) is 0 Å². The van der Waals surface area contributed by atoms with E-state index in [9.17, 15) is 9.59 Å². The van der Waals surface area contributed by atoms with Crippen molar-refractivity contribution in [3.8, 4) is 0 Å². The van der Waals surface area contributed by atoms with E-state index in [1.54, 1.807) is 35.2 Å². The van der Waals surface area contributed by atoms with E-state index in [-0.39, 0.29) is 18.6 Å². The summed E-state index contributed by atoms with van der Waals surface area (Å²) in [5, 5.41) is 5.02. The Balaban J connectivity index is 1.42. The first-order chi connectivity index (χ1) is 13.1. The van der Waals surface area contributed by atoms with E-state index in [1.807, 2.05) is 23.0 Å². The molecule has 0 saturated heterocycles. The van der Waals surface area contributed by atoms with Crippen molar-refractivity contribution in [2.45, 2.75) is 49.3 Å². The number of benzene rings is 1.